The maximum absolute atomic E-state index is 10.3. The van der Waals surface area contributed by atoms with E-state index in [4.69, 9.17) is 0 Å². The van der Waals surface area contributed by atoms with Gasteiger partial charge >= 0.3 is 0 Å². The summed E-state index contributed by atoms with van der Waals surface area (Å²) in [7, 11) is 0. The van der Waals surface area contributed by atoms with Crippen LogP contribution in [0.2, 0.25) is 0 Å². The molecule has 0 aromatic carbocycles. The molecule has 94 valence electrons. The summed E-state index contributed by atoms with van der Waals surface area (Å²) in [4.78, 5) is 0. The van der Waals surface area contributed by atoms with E-state index in [2.05, 4.69) is 17.5 Å². The van der Waals surface area contributed by atoms with Crippen molar-refractivity contribution in [2.24, 2.45) is 5.92 Å². The van der Waals surface area contributed by atoms with Crippen LogP contribution in [0.15, 0.2) is 29.0 Å². The first-order chi connectivity index (χ1) is 8.18. The van der Waals surface area contributed by atoms with Crippen LogP contribution in [0, 0.1) is 5.92 Å². The van der Waals surface area contributed by atoms with Gasteiger partial charge in [0, 0.05) is 6.54 Å². The first-order valence-corrected chi connectivity index (χ1v) is 7.23. The molecule has 1 aromatic heterocycles. The van der Waals surface area contributed by atoms with Crippen molar-refractivity contribution < 1.29 is 5.11 Å². The molecule has 0 bridgehead atoms. The Bertz CT molecular complexity index is 356. The van der Waals surface area contributed by atoms with Crippen molar-refractivity contribution in [1.29, 1.82) is 0 Å². The molecule has 0 amide bonds. The predicted molar refractivity (Wildman–Crippen MR) is 73.2 cm³/mol. The largest absolute Gasteiger partial charge is 0.384 e. The average molecular weight is 251 g/mol. The van der Waals surface area contributed by atoms with Gasteiger partial charge in [-0.3, -0.25) is 0 Å². The van der Waals surface area contributed by atoms with Crippen LogP contribution in [-0.2, 0) is 5.60 Å². The van der Waals surface area contributed by atoms with Crippen molar-refractivity contribution >= 4 is 11.3 Å². The third kappa shape index (κ3) is 3.66. The van der Waals surface area contributed by atoms with E-state index in [9.17, 15) is 5.11 Å². The molecule has 1 aromatic rings. The summed E-state index contributed by atoms with van der Waals surface area (Å²) in [6.07, 6.45) is 8.18. The van der Waals surface area contributed by atoms with Gasteiger partial charge in [-0.25, -0.2) is 0 Å². The molecule has 1 aliphatic carbocycles. The monoisotopic (exact) mass is 251 g/mol. The molecule has 1 heterocycles. The van der Waals surface area contributed by atoms with E-state index < -0.39 is 5.60 Å². The second-order valence-corrected chi connectivity index (χ2v) is 5.85. The van der Waals surface area contributed by atoms with Gasteiger partial charge in [-0.05, 0) is 61.0 Å². The van der Waals surface area contributed by atoms with E-state index in [1.54, 1.807) is 11.3 Å². The van der Waals surface area contributed by atoms with E-state index in [0.29, 0.717) is 6.54 Å². The van der Waals surface area contributed by atoms with Crippen LogP contribution in [0.3, 0.4) is 0 Å². The van der Waals surface area contributed by atoms with Crippen LogP contribution < -0.4 is 5.32 Å². The first-order valence-electron chi connectivity index (χ1n) is 6.29. The van der Waals surface area contributed by atoms with E-state index in [-0.39, 0.29) is 0 Å². The van der Waals surface area contributed by atoms with Crippen LogP contribution in [0.4, 0.5) is 0 Å². The number of hydrogen-bond donors (Lipinski definition) is 2. The minimum absolute atomic E-state index is 0.629. The Morgan fingerprint density at radius 1 is 1.53 bits per heavy atom. The van der Waals surface area contributed by atoms with E-state index >= 15 is 0 Å². The molecule has 0 aliphatic heterocycles. The van der Waals surface area contributed by atoms with Gasteiger partial charge in [-0.1, -0.05) is 12.2 Å². The molecule has 17 heavy (non-hydrogen) atoms. The molecule has 2 nitrogen and oxygen atoms in total. The Kier molecular flexibility index (Phi) is 4.37. The van der Waals surface area contributed by atoms with Crippen LogP contribution in [-0.4, -0.2) is 18.2 Å². The highest BCUT2D eigenvalue weighted by molar-refractivity contribution is 7.08. The Balaban J connectivity index is 1.76. The van der Waals surface area contributed by atoms with Crippen LogP contribution in [0.25, 0.3) is 0 Å². The summed E-state index contributed by atoms with van der Waals surface area (Å²) in [6.45, 7) is 3.51. The second-order valence-electron chi connectivity index (χ2n) is 5.07. The van der Waals surface area contributed by atoms with Crippen molar-refractivity contribution in [3.8, 4) is 0 Å². The highest BCUT2D eigenvalue weighted by Gasteiger charge is 2.23. The van der Waals surface area contributed by atoms with Gasteiger partial charge < -0.3 is 10.4 Å². The summed E-state index contributed by atoms with van der Waals surface area (Å²) in [6, 6.07) is 2.00. The molecule has 2 rings (SSSR count). The van der Waals surface area contributed by atoms with Crippen LogP contribution in [0.5, 0.6) is 0 Å². The number of aliphatic hydroxyl groups is 1. The summed E-state index contributed by atoms with van der Waals surface area (Å²) in [5.74, 6) is 0.735. The standard InChI is InChI=1S/C14H21NOS/c1-14(16,13-7-8-17-10-13)11-15-9-12-5-3-2-4-6-12/h2-3,7-8,10,12,15-16H,4-6,9,11H2,1H3/t12-,14-/m0/s1. The normalized spacial score (nSPS) is 23.5. The summed E-state index contributed by atoms with van der Waals surface area (Å²) in [5.41, 5.74) is 0.267. The number of hydrogen-bond acceptors (Lipinski definition) is 3. The van der Waals surface area contributed by atoms with Gasteiger partial charge in [-0.15, -0.1) is 0 Å². The number of thiophene rings is 1. The zero-order chi connectivity index (χ0) is 12.1. The topological polar surface area (TPSA) is 32.3 Å². The molecule has 0 unspecified atom stereocenters. The fourth-order valence-corrected chi connectivity index (χ4v) is 3.02. The second kappa shape index (κ2) is 5.80. The van der Waals surface area contributed by atoms with Crippen molar-refractivity contribution in [2.75, 3.05) is 13.1 Å². The number of nitrogens with one attached hydrogen (secondary N) is 1. The molecular weight excluding hydrogens is 230 g/mol. The lowest BCUT2D eigenvalue weighted by Crippen LogP contribution is -2.37. The fraction of sp³-hybridized carbons (Fsp3) is 0.571. The zero-order valence-corrected chi connectivity index (χ0v) is 11.2. The lowest BCUT2D eigenvalue weighted by Gasteiger charge is -2.25. The van der Waals surface area contributed by atoms with Gasteiger partial charge in [0.2, 0.25) is 0 Å². The predicted octanol–water partition coefficient (Wildman–Crippen LogP) is 2.90. The molecule has 0 saturated carbocycles. The molecule has 0 spiro atoms. The molecule has 1 aliphatic rings. The minimum atomic E-state index is -0.746. The molecule has 0 fully saturated rings. The molecular formula is C14H21NOS. The minimum Gasteiger partial charge on any atom is -0.384 e. The van der Waals surface area contributed by atoms with Crippen molar-refractivity contribution in [3.63, 3.8) is 0 Å². The smallest absolute Gasteiger partial charge is 0.1000 e. The zero-order valence-electron chi connectivity index (χ0n) is 10.4. The van der Waals surface area contributed by atoms with Gasteiger partial charge in [-0.2, -0.15) is 11.3 Å². The van der Waals surface area contributed by atoms with Crippen molar-refractivity contribution in [3.05, 3.63) is 34.5 Å². The number of rotatable bonds is 5. The Labute approximate surface area is 107 Å². The van der Waals surface area contributed by atoms with Crippen molar-refractivity contribution in [1.82, 2.24) is 5.32 Å². The lowest BCUT2D eigenvalue weighted by atomic mass is 9.93. The third-order valence-corrected chi connectivity index (χ3v) is 4.11. The number of allylic oxidation sites excluding steroid dienone is 2. The van der Waals surface area contributed by atoms with Crippen molar-refractivity contribution in [2.45, 2.75) is 31.8 Å². The highest BCUT2D eigenvalue weighted by atomic mass is 32.1. The SMILES string of the molecule is C[C@](O)(CNC[C@H]1CC=CCC1)c1ccsc1. The molecule has 2 N–H and O–H groups in total. The molecule has 0 radical (unpaired) electrons. The average Bonchev–Trinajstić information content (AvgIpc) is 2.84. The molecule has 0 saturated heterocycles. The van der Waals surface area contributed by atoms with Gasteiger partial charge in [0.25, 0.3) is 0 Å². The van der Waals surface area contributed by atoms with E-state index in [0.717, 1.165) is 18.0 Å². The fourth-order valence-electron chi connectivity index (χ4n) is 2.23. The maximum atomic E-state index is 10.3. The lowest BCUT2D eigenvalue weighted by molar-refractivity contribution is 0.0563. The maximum Gasteiger partial charge on any atom is 0.1000 e. The summed E-state index contributed by atoms with van der Waals surface area (Å²) >= 11 is 1.63. The van der Waals surface area contributed by atoms with Gasteiger partial charge in [0.15, 0.2) is 0 Å². The van der Waals surface area contributed by atoms with Crippen LogP contribution >= 0.6 is 11.3 Å². The molecule has 3 heteroatoms. The van der Waals surface area contributed by atoms with Gasteiger partial charge in [0.05, 0.1) is 5.60 Å². The van der Waals surface area contributed by atoms with E-state index in [1.165, 1.54) is 19.3 Å². The van der Waals surface area contributed by atoms with Crippen LogP contribution in [0.1, 0.15) is 31.7 Å². The highest BCUT2D eigenvalue weighted by Crippen LogP contribution is 2.22. The third-order valence-electron chi connectivity index (χ3n) is 3.42. The summed E-state index contributed by atoms with van der Waals surface area (Å²) < 4.78 is 0. The Hall–Kier alpha value is -0.640. The molecule has 2 atom stereocenters. The quantitative estimate of drug-likeness (QED) is 0.789. The Morgan fingerprint density at radius 2 is 2.41 bits per heavy atom. The first kappa shape index (κ1) is 12.8. The summed E-state index contributed by atoms with van der Waals surface area (Å²) in [5, 5.41) is 17.8. The Morgan fingerprint density at radius 3 is 3.06 bits per heavy atom. The van der Waals surface area contributed by atoms with E-state index in [1.807, 2.05) is 23.8 Å². The van der Waals surface area contributed by atoms with Gasteiger partial charge in [0.1, 0.15) is 0 Å².